The Morgan fingerprint density at radius 1 is 1.19 bits per heavy atom. The van der Waals surface area contributed by atoms with E-state index in [-0.39, 0.29) is 23.1 Å². The third-order valence-electron chi connectivity index (χ3n) is 6.26. The summed E-state index contributed by atoms with van der Waals surface area (Å²) in [7, 11) is 1.52. The zero-order valence-corrected chi connectivity index (χ0v) is 18.2. The summed E-state index contributed by atoms with van der Waals surface area (Å²) in [6.45, 7) is 6.36. The summed E-state index contributed by atoms with van der Waals surface area (Å²) in [6, 6.07) is 12.5. The van der Waals surface area contributed by atoms with E-state index >= 15 is 0 Å². The van der Waals surface area contributed by atoms with Crippen LogP contribution in [0, 0.1) is 11.2 Å². The van der Waals surface area contributed by atoms with Crippen molar-refractivity contribution in [1.82, 2.24) is 4.90 Å². The van der Waals surface area contributed by atoms with Gasteiger partial charge in [0.15, 0.2) is 11.6 Å². The molecule has 164 valence electrons. The molecule has 0 aromatic heterocycles. The lowest BCUT2D eigenvalue weighted by molar-refractivity contribution is -0.140. The van der Waals surface area contributed by atoms with Crippen LogP contribution in [0.25, 0.3) is 0 Å². The van der Waals surface area contributed by atoms with Gasteiger partial charge in [0.05, 0.1) is 5.41 Å². The maximum Gasteiger partial charge on any atom is 0.260 e. The van der Waals surface area contributed by atoms with Gasteiger partial charge >= 0.3 is 0 Å². The maximum absolute atomic E-state index is 14.9. The van der Waals surface area contributed by atoms with E-state index in [1.165, 1.54) is 37.1 Å². The van der Waals surface area contributed by atoms with Crippen molar-refractivity contribution in [2.75, 3.05) is 12.4 Å². The minimum Gasteiger partial charge on any atom is -0.376 e. The van der Waals surface area contributed by atoms with Crippen LogP contribution >= 0.6 is 0 Å². The van der Waals surface area contributed by atoms with Crippen molar-refractivity contribution in [2.45, 2.75) is 38.8 Å². The molecule has 8 heteroatoms. The van der Waals surface area contributed by atoms with Gasteiger partial charge in [-0.1, -0.05) is 30.3 Å². The fourth-order valence-corrected chi connectivity index (χ4v) is 3.69. The third kappa shape index (κ3) is 3.57. The lowest BCUT2D eigenvalue weighted by atomic mass is 9.67. The second-order valence-electron chi connectivity index (χ2n) is 8.62. The number of halogens is 1. The molecule has 0 bridgehead atoms. The number of nitrogens with zero attached hydrogens (tertiary/aromatic N) is 2. The summed E-state index contributed by atoms with van der Waals surface area (Å²) < 4.78 is 14.9. The molecule has 4 N–H and O–H groups in total. The molecule has 2 aromatic rings. The molecule has 0 saturated carbocycles. The first-order valence-corrected chi connectivity index (χ1v) is 9.85. The number of aliphatic hydroxyl groups is 1. The molecule has 1 unspecified atom stereocenters. The van der Waals surface area contributed by atoms with E-state index < -0.39 is 28.3 Å². The first-order chi connectivity index (χ1) is 14.3. The van der Waals surface area contributed by atoms with Gasteiger partial charge in [0.1, 0.15) is 11.4 Å². The number of nitrogens with one attached hydrogen (secondary N) is 1. The number of nitrogens with two attached hydrogens (primary N) is 1. The molecular formula is C23H27FN4O3. The predicted octanol–water partition coefficient (Wildman–Crippen LogP) is 2.70. The molecule has 1 aliphatic rings. The fourth-order valence-electron chi connectivity index (χ4n) is 3.69. The smallest absolute Gasteiger partial charge is 0.260 e. The van der Waals surface area contributed by atoms with Crippen LogP contribution in [0.5, 0.6) is 0 Å². The number of carbonyl (C=O) groups is 2. The molecule has 1 aliphatic heterocycles. The maximum atomic E-state index is 14.9. The molecule has 2 aromatic carbocycles. The van der Waals surface area contributed by atoms with Crippen LogP contribution in [0.1, 0.15) is 38.8 Å². The van der Waals surface area contributed by atoms with Gasteiger partial charge in [0.2, 0.25) is 5.91 Å². The monoisotopic (exact) mass is 426 g/mol. The normalized spacial score (nSPS) is 22.5. The molecular weight excluding hydrogens is 399 g/mol. The zero-order chi connectivity index (χ0) is 23.2. The van der Waals surface area contributed by atoms with E-state index in [1.54, 1.807) is 51.1 Å². The Balaban J connectivity index is 2.01. The lowest BCUT2D eigenvalue weighted by Gasteiger charge is -2.46. The van der Waals surface area contributed by atoms with Crippen LogP contribution in [0.4, 0.5) is 10.1 Å². The van der Waals surface area contributed by atoms with Gasteiger partial charge in [0, 0.05) is 18.3 Å². The van der Waals surface area contributed by atoms with E-state index in [9.17, 15) is 19.1 Å². The van der Waals surface area contributed by atoms with E-state index in [0.29, 0.717) is 5.56 Å². The van der Waals surface area contributed by atoms with Crippen LogP contribution in [0.2, 0.25) is 0 Å². The summed E-state index contributed by atoms with van der Waals surface area (Å²) in [5, 5.41) is 13.4. The summed E-state index contributed by atoms with van der Waals surface area (Å²) in [4.78, 5) is 31.3. The molecule has 1 heterocycles. The molecule has 31 heavy (non-hydrogen) atoms. The Labute approximate surface area is 180 Å². The van der Waals surface area contributed by atoms with Crippen molar-refractivity contribution in [3.05, 3.63) is 65.5 Å². The molecule has 0 spiro atoms. The van der Waals surface area contributed by atoms with Crippen LogP contribution in [0.15, 0.2) is 53.5 Å². The third-order valence-corrected chi connectivity index (χ3v) is 6.26. The number of aliphatic imine (C=N–C) groups is 1. The lowest BCUT2D eigenvalue weighted by Crippen LogP contribution is -2.58. The number of hydrogen-bond donors (Lipinski definition) is 3. The molecule has 7 nitrogen and oxygen atoms in total. The Hall–Kier alpha value is -3.26. The molecule has 0 radical (unpaired) electrons. The number of amides is 2. The molecule has 2 amide bonds. The van der Waals surface area contributed by atoms with Crippen LogP contribution in [-0.2, 0) is 20.7 Å². The summed E-state index contributed by atoms with van der Waals surface area (Å²) in [6.07, 6.45) is 0. The van der Waals surface area contributed by atoms with Crippen LogP contribution < -0.4 is 11.1 Å². The average Bonchev–Trinajstić information content (AvgIpc) is 2.73. The minimum atomic E-state index is -1.80. The second kappa shape index (κ2) is 7.46. The highest BCUT2D eigenvalue weighted by molar-refractivity contribution is 6.02. The van der Waals surface area contributed by atoms with E-state index in [2.05, 4.69) is 10.3 Å². The van der Waals surface area contributed by atoms with Gasteiger partial charge in [-0.3, -0.25) is 14.5 Å². The standard InChI is InChI=1S/C23H27FN4O3/c1-21(2)19(30)28(5)20(25)27-23(21,4)16-13-15(11-12-17(16)24)26-18(29)22(3,31)14-9-7-6-8-10-14/h6-13,31H,1-5H3,(H2,25,27)(H,26,29)/t22?,23-/m0/s1. The van der Waals surface area contributed by atoms with Gasteiger partial charge < -0.3 is 16.2 Å². The Bertz CT molecular complexity index is 1070. The summed E-state index contributed by atoms with van der Waals surface area (Å²) in [5.74, 6) is -1.59. The number of anilines is 1. The predicted molar refractivity (Wildman–Crippen MR) is 117 cm³/mol. The average molecular weight is 426 g/mol. The van der Waals surface area contributed by atoms with Crippen molar-refractivity contribution in [3.63, 3.8) is 0 Å². The summed E-state index contributed by atoms with van der Waals surface area (Å²) in [5.41, 5.74) is 2.49. The van der Waals surface area contributed by atoms with Gasteiger partial charge in [0.25, 0.3) is 5.91 Å². The number of benzene rings is 2. The molecule has 3 rings (SSSR count). The molecule has 2 atom stereocenters. The zero-order valence-electron chi connectivity index (χ0n) is 18.2. The van der Waals surface area contributed by atoms with E-state index in [0.717, 1.165) is 0 Å². The number of carbonyl (C=O) groups excluding carboxylic acids is 2. The highest BCUT2D eigenvalue weighted by Crippen LogP contribution is 2.47. The SMILES string of the molecule is CN1C(=O)C(C)(C)[C@](C)(c2cc(NC(=O)C(C)(O)c3ccccc3)ccc2F)N=C1N. The molecule has 0 aliphatic carbocycles. The van der Waals surface area contributed by atoms with E-state index in [4.69, 9.17) is 5.73 Å². The topological polar surface area (TPSA) is 108 Å². The Morgan fingerprint density at radius 3 is 2.42 bits per heavy atom. The fraction of sp³-hybridized carbons (Fsp3) is 0.348. The van der Waals surface area contributed by atoms with Crippen LogP contribution in [-0.4, -0.2) is 34.8 Å². The number of hydrogen-bond acceptors (Lipinski definition) is 5. The van der Waals surface area contributed by atoms with Gasteiger partial charge in [-0.15, -0.1) is 0 Å². The number of guanidine groups is 1. The highest BCUT2D eigenvalue weighted by Gasteiger charge is 2.53. The van der Waals surface area contributed by atoms with Crippen LogP contribution in [0.3, 0.4) is 0 Å². The number of rotatable bonds is 4. The highest BCUT2D eigenvalue weighted by atomic mass is 19.1. The van der Waals surface area contributed by atoms with Crippen molar-refractivity contribution < 1.29 is 19.1 Å². The quantitative estimate of drug-likeness (QED) is 0.699. The first-order valence-electron chi connectivity index (χ1n) is 9.85. The second-order valence-corrected chi connectivity index (χ2v) is 8.62. The molecule has 0 saturated heterocycles. The summed E-state index contributed by atoms with van der Waals surface area (Å²) >= 11 is 0. The van der Waals surface area contributed by atoms with Gasteiger partial charge in [-0.2, -0.15) is 0 Å². The van der Waals surface area contributed by atoms with Gasteiger partial charge in [-0.25, -0.2) is 9.38 Å². The minimum absolute atomic E-state index is 0.0207. The van der Waals surface area contributed by atoms with Crippen molar-refractivity contribution in [2.24, 2.45) is 16.1 Å². The molecule has 0 fully saturated rings. The van der Waals surface area contributed by atoms with Crippen molar-refractivity contribution in [3.8, 4) is 0 Å². The Morgan fingerprint density at radius 2 is 1.81 bits per heavy atom. The van der Waals surface area contributed by atoms with Crippen molar-refractivity contribution >= 4 is 23.5 Å². The van der Waals surface area contributed by atoms with Gasteiger partial charge in [-0.05, 0) is 51.5 Å². The van der Waals surface area contributed by atoms with Crippen molar-refractivity contribution in [1.29, 1.82) is 0 Å². The van der Waals surface area contributed by atoms with E-state index in [1.807, 2.05) is 0 Å². The Kier molecular flexibility index (Phi) is 5.40. The first kappa shape index (κ1) is 22.4. The largest absolute Gasteiger partial charge is 0.376 e.